The van der Waals surface area contributed by atoms with Crippen LogP contribution in [0.4, 0.5) is 9.59 Å². The number of amides is 2. The average Bonchev–Trinajstić information content (AvgIpc) is 2.44. The predicted molar refractivity (Wildman–Crippen MR) is 112 cm³/mol. The molecule has 0 aromatic carbocycles. The molecule has 0 aliphatic rings. The average molecular weight is 409 g/mol. The molecule has 6 nitrogen and oxygen atoms in total. The predicted octanol–water partition coefficient (Wildman–Crippen LogP) is 4.98. The van der Waals surface area contributed by atoms with Crippen LogP contribution in [0.2, 0.25) is 0 Å². The van der Waals surface area contributed by atoms with Gasteiger partial charge in [-0.1, -0.05) is 21.6 Å². The molecule has 0 spiro atoms. The lowest BCUT2D eigenvalue weighted by Gasteiger charge is -2.19. The van der Waals surface area contributed by atoms with Gasteiger partial charge in [0, 0.05) is 24.6 Å². The van der Waals surface area contributed by atoms with E-state index in [1.165, 1.54) is 0 Å². The third-order valence-corrected chi connectivity index (χ3v) is 5.31. The summed E-state index contributed by atoms with van der Waals surface area (Å²) in [6.07, 6.45) is 3.33. The van der Waals surface area contributed by atoms with Crippen LogP contribution in [-0.2, 0) is 9.47 Å². The van der Waals surface area contributed by atoms with Crippen molar-refractivity contribution in [3.63, 3.8) is 0 Å². The molecular formula is C18H36N2O4S2. The van der Waals surface area contributed by atoms with E-state index in [-0.39, 0.29) is 12.2 Å². The molecule has 0 unspecified atom stereocenters. The van der Waals surface area contributed by atoms with Gasteiger partial charge in [0.25, 0.3) is 0 Å². The Morgan fingerprint density at radius 2 is 1.04 bits per heavy atom. The number of hydrogen-bond acceptors (Lipinski definition) is 6. The van der Waals surface area contributed by atoms with Crippen molar-refractivity contribution in [1.29, 1.82) is 0 Å². The maximum atomic E-state index is 11.5. The van der Waals surface area contributed by atoms with E-state index in [2.05, 4.69) is 10.6 Å². The molecule has 0 heterocycles. The molecule has 0 atom stereocenters. The standard InChI is InChI=1S/C18H36N2O4S2/c1-17(2,3)23-15(21)19-11-7-9-13-25-26-14-10-8-12-20-16(22)24-18(4,5)6/h7-14H2,1-6H3,(H,19,21)(H,20,22). The number of nitrogens with one attached hydrogen (secondary N) is 2. The third-order valence-electron chi connectivity index (χ3n) is 2.73. The van der Waals surface area contributed by atoms with Gasteiger partial charge in [-0.25, -0.2) is 9.59 Å². The molecule has 0 aromatic heterocycles. The zero-order valence-corrected chi connectivity index (χ0v) is 18.7. The van der Waals surface area contributed by atoms with Crippen molar-refractivity contribution < 1.29 is 19.1 Å². The minimum absolute atomic E-state index is 0.348. The number of carbonyl (C=O) groups is 2. The highest BCUT2D eigenvalue weighted by molar-refractivity contribution is 8.76. The van der Waals surface area contributed by atoms with Gasteiger partial charge in [-0.2, -0.15) is 0 Å². The van der Waals surface area contributed by atoms with E-state index >= 15 is 0 Å². The van der Waals surface area contributed by atoms with E-state index < -0.39 is 11.2 Å². The van der Waals surface area contributed by atoms with Crippen LogP contribution in [0, 0.1) is 0 Å². The first-order valence-corrected chi connectivity index (χ1v) is 11.7. The van der Waals surface area contributed by atoms with Gasteiger partial charge in [0.05, 0.1) is 0 Å². The molecule has 154 valence electrons. The van der Waals surface area contributed by atoms with Crippen molar-refractivity contribution in [3.8, 4) is 0 Å². The highest BCUT2D eigenvalue weighted by atomic mass is 33.1. The lowest BCUT2D eigenvalue weighted by molar-refractivity contribution is 0.0515. The second-order valence-corrected chi connectivity index (χ2v) is 10.6. The zero-order valence-electron chi connectivity index (χ0n) is 17.1. The molecule has 0 bridgehead atoms. The number of hydrogen-bond donors (Lipinski definition) is 2. The minimum Gasteiger partial charge on any atom is -0.444 e. The molecule has 0 aliphatic heterocycles. The first-order valence-electron chi connectivity index (χ1n) is 9.18. The molecule has 0 saturated carbocycles. The number of carbonyl (C=O) groups excluding carboxylic acids is 2. The van der Waals surface area contributed by atoms with Gasteiger partial charge < -0.3 is 20.1 Å². The largest absolute Gasteiger partial charge is 0.444 e. The van der Waals surface area contributed by atoms with Crippen LogP contribution in [0.25, 0.3) is 0 Å². The number of rotatable bonds is 11. The van der Waals surface area contributed by atoms with Crippen LogP contribution >= 0.6 is 21.6 Å². The summed E-state index contributed by atoms with van der Waals surface area (Å²) in [4.78, 5) is 22.9. The molecule has 0 rings (SSSR count). The van der Waals surface area contributed by atoms with Crippen LogP contribution in [0.1, 0.15) is 67.2 Å². The lowest BCUT2D eigenvalue weighted by Crippen LogP contribution is -2.33. The minimum atomic E-state index is -0.445. The second kappa shape index (κ2) is 13.4. The fourth-order valence-corrected chi connectivity index (χ4v) is 3.99. The van der Waals surface area contributed by atoms with E-state index in [1.54, 1.807) is 0 Å². The molecular weight excluding hydrogens is 372 g/mol. The molecule has 0 saturated heterocycles. The van der Waals surface area contributed by atoms with E-state index in [4.69, 9.17) is 9.47 Å². The van der Waals surface area contributed by atoms with Crippen LogP contribution in [0.15, 0.2) is 0 Å². The number of unbranched alkanes of at least 4 members (excludes halogenated alkanes) is 2. The fourth-order valence-electron chi connectivity index (χ4n) is 1.70. The Morgan fingerprint density at radius 1 is 0.692 bits per heavy atom. The van der Waals surface area contributed by atoms with Crippen LogP contribution < -0.4 is 10.6 Å². The summed E-state index contributed by atoms with van der Waals surface area (Å²) in [6.45, 7) is 12.4. The summed E-state index contributed by atoms with van der Waals surface area (Å²) in [5.41, 5.74) is -0.891. The van der Waals surface area contributed by atoms with E-state index in [0.717, 1.165) is 37.2 Å². The quantitative estimate of drug-likeness (QED) is 0.371. The summed E-state index contributed by atoms with van der Waals surface area (Å²) < 4.78 is 10.3. The molecule has 2 N–H and O–H groups in total. The number of ether oxygens (including phenoxy) is 2. The van der Waals surface area contributed by atoms with Crippen molar-refractivity contribution in [2.45, 2.75) is 78.4 Å². The summed E-state index contributed by atoms with van der Waals surface area (Å²) in [6, 6.07) is 0. The summed E-state index contributed by atoms with van der Waals surface area (Å²) in [5, 5.41) is 5.53. The molecule has 0 fully saturated rings. The maximum Gasteiger partial charge on any atom is 0.407 e. The van der Waals surface area contributed by atoms with Crippen LogP contribution in [0.3, 0.4) is 0 Å². The molecule has 0 radical (unpaired) electrons. The van der Waals surface area contributed by atoms with E-state index in [1.807, 2.05) is 63.1 Å². The van der Waals surface area contributed by atoms with Crippen LogP contribution in [-0.4, -0.2) is 48.0 Å². The van der Waals surface area contributed by atoms with Gasteiger partial charge in [0.1, 0.15) is 11.2 Å². The van der Waals surface area contributed by atoms with Crippen LogP contribution in [0.5, 0.6) is 0 Å². The van der Waals surface area contributed by atoms with Crippen molar-refractivity contribution >= 4 is 33.8 Å². The van der Waals surface area contributed by atoms with Gasteiger partial charge in [-0.3, -0.25) is 0 Å². The Balaban J connectivity index is 3.32. The summed E-state index contributed by atoms with van der Waals surface area (Å²) in [5.74, 6) is 2.13. The van der Waals surface area contributed by atoms with Crippen molar-refractivity contribution in [1.82, 2.24) is 10.6 Å². The molecule has 2 amide bonds. The highest BCUT2D eigenvalue weighted by Crippen LogP contribution is 2.23. The Bertz CT molecular complexity index is 369. The van der Waals surface area contributed by atoms with Gasteiger partial charge in [0.15, 0.2) is 0 Å². The maximum absolute atomic E-state index is 11.5. The Kier molecular flexibility index (Phi) is 13.0. The first-order chi connectivity index (χ1) is 12.0. The van der Waals surface area contributed by atoms with Gasteiger partial charge in [-0.15, -0.1) is 0 Å². The zero-order chi connectivity index (χ0) is 20.1. The normalized spacial score (nSPS) is 11.8. The monoisotopic (exact) mass is 408 g/mol. The Morgan fingerprint density at radius 3 is 1.35 bits per heavy atom. The highest BCUT2D eigenvalue weighted by Gasteiger charge is 2.16. The van der Waals surface area contributed by atoms with Crippen molar-refractivity contribution in [2.24, 2.45) is 0 Å². The first kappa shape index (κ1) is 25.2. The van der Waals surface area contributed by atoms with Gasteiger partial charge in [0.2, 0.25) is 0 Å². The van der Waals surface area contributed by atoms with E-state index in [9.17, 15) is 9.59 Å². The number of alkyl carbamates (subject to hydrolysis) is 2. The molecule has 8 heteroatoms. The molecule has 26 heavy (non-hydrogen) atoms. The summed E-state index contributed by atoms with van der Waals surface area (Å²) >= 11 is 0. The topological polar surface area (TPSA) is 76.7 Å². The molecule has 0 aliphatic carbocycles. The smallest absolute Gasteiger partial charge is 0.407 e. The SMILES string of the molecule is CC(C)(C)OC(=O)NCCCCSSCCCCNC(=O)OC(C)(C)C. The third kappa shape index (κ3) is 19.6. The lowest BCUT2D eigenvalue weighted by atomic mass is 10.2. The van der Waals surface area contributed by atoms with Crippen molar-refractivity contribution in [2.75, 3.05) is 24.6 Å². The van der Waals surface area contributed by atoms with Gasteiger partial charge >= 0.3 is 12.2 Å². The second-order valence-electron chi connectivity index (χ2n) is 7.92. The van der Waals surface area contributed by atoms with Crippen molar-refractivity contribution in [3.05, 3.63) is 0 Å². The fraction of sp³-hybridized carbons (Fsp3) is 0.889. The van der Waals surface area contributed by atoms with E-state index in [0.29, 0.717) is 13.1 Å². The van der Waals surface area contributed by atoms with Gasteiger partial charge in [-0.05, 0) is 67.2 Å². The Labute approximate surface area is 166 Å². The molecule has 0 aromatic rings. The Hall–Kier alpha value is -0.760. The summed E-state index contributed by atoms with van der Waals surface area (Å²) in [7, 11) is 3.71.